The van der Waals surface area contributed by atoms with E-state index in [0.29, 0.717) is 0 Å². The molecular formula is C40H30N2. The lowest BCUT2D eigenvalue weighted by Gasteiger charge is -2.16. The average Bonchev–Trinajstić information content (AvgIpc) is 3.06. The number of hydrogen-bond acceptors (Lipinski definition) is 2. The standard InChI is InChI=1S/C40H30N2/c1-3-12-31(13-4-1)37-17-9-10-18-39(37)41-35-23-19-30(20-24-35)34-22-26-40(38(28-34)32-14-5-2-6-15-32)42-36-25-21-29-11-7-8-16-33(29)27-36/h1-28,41-42H. The van der Waals surface area contributed by atoms with E-state index in [2.05, 4.69) is 174 Å². The summed E-state index contributed by atoms with van der Waals surface area (Å²) < 4.78 is 0. The molecule has 42 heavy (non-hydrogen) atoms. The van der Waals surface area contributed by atoms with Gasteiger partial charge in [-0.3, -0.25) is 0 Å². The van der Waals surface area contributed by atoms with Gasteiger partial charge in [0, 0.05) is 33.9 Å². The summed E-state index contributed by atoms with van der Waals surface area (Å²) in [5.41, 5.74) is 11.4. The summed E-state index contributed by atoms with van der Waals surface area (Å²) in [6.07, 6.45) is 0. The van der Waals surface area contributed by atoms with Gasteiger partial charge in [0.2, 0.25) is 0 Å². The van der Waals surface area contributed by atoms with Gasteiger partial charge in [-0.1, -0.05) is 127 Å². The molecule has 0 aromatic heterocycles. The van der Waals surface area contributed by atoms with Crippen molar-refractivity contribution in [2.45, 2.75) is 0 Å². The maximum Gasteiger partial charge on any atom is 0.0464 e. The highest BCUT2D eigenvalue weighted by molar-refractivity contribution is 5.90. The summed E-state index contributed by atoms with van der Waals surface area (Å²) in [5, 5.41) is 9.77. The van der Waals surface area contributed by atoms with Crippen molar-refractivity contribution < 1.29 is 0 Å². The highest BCUT2D eigenvalue weighted by atomic mass is 14.9. The lowest BCUT2D eigenvalue weighted by atomic mass is 9.97. The van der Waals surface area contributed by atoms with Crippen LogP contribution in [0.5, 0.6) is 0 Å². The summed E-state index contributed by atoms with van der Waals surface area (Å²) in [4.78, 5) is 0. The number of rotatable bonds is 7. The molecule has 7 aromatic carbocycles. The molecule has 0 radical (unpaired) electrons. The van der Waals surface area contributed by atoms with E-state index in [1.807, 2.05) is 6.07 Å². The first kappa shape index (κ1) is 25.4. The Bertz CT molecular complexity index is 1960. The molecule has 200 valence electrons. The van der Waals surface area contributed by atoms with Gasteiger partial charge in [-0.2, -0.15) is 0 Å². The third kappa shape index (κ3) is 5.39. The van der Waals surface area contributed by atoms with Crippen molar-refractivity contribution in [3.05, 3.63) is 170 Å². The van der Waals surface area contributed by atoms with E-state index in [1.165, 1.54) is 44.2 Å². The first-order valence-electron chi connectivity index (χ1n) is 14.3. The van der Waals surface area contributed by atoms with Crippen molar-refractivity contribution in [1.82, 2.24) is 0 Å². The zero-order chi connectivity index (χ0) is 28.1. The second-order valence-electron chi connectivity index (χ2n) is 10.4. The Balaban J connectivity index is 1.18. The highest BCUT2D eigenvalue weighted by Crippen LogP contribution is 2.36. The zero-order valence-corrected chi connectivity index (χ0v) is 23.2. The van der Waals surface area contributed by atoms with Gasteiger partial charge < -0.3 is 10.6 Å². The summed E-state index contributed by atoms with van der Waals surface area (Å²) in [7, 11) is 0. The van der Waals surface area contributed by atoms with Gasteiger partial charge >= 0.3 is 0 Å². The van der Waals surface area contributed by atoms with Crippen LogP contribution in [-0.2, 0) is 0 Å². The molecule has 0 fully saturated rings. The Morgan fingerprint density at radius 3 is 1.60 bits per heavy atom. The van der Waals surface area contributed by atoms with Gasteiger partial charge in [-0.15, -0.1) is 0 Å². The normalized spacial score (nSPS) is 10.9. The van der Waals surface area contributed by atoms with Crippen LogP contribution in [0, 0.1) is 0 Å². The molecule has 0 aliphatic rings. The fourth-order valence-corrected chi connectivity index (χ4v) is 5.48. The van der Waals surface area contributed by atoms with Crippen molar-refractivity contribution in [2.75, 3.05) is 10.6 Å². The minimum Gasteiger partial charge on any atom is -0.355 e. The molecule has 2 heteroatoms. The lowest BCUT2D eigenvalue weighted by Crippen LogP contribution is -1.95. The van der Waals surface area contributed by atoms with Crippen LogP contribution in [0.15, 0.2) is 170 Å². The quantitative estimate of drug-likeness (QED) is 0.211. The average molecular weight is 539 g/mol. The smallest absolute Gasteiger partial charge is 0.0464 e. The topological polar surface area (TPSA) is 24.1 Å². The Labute approximate surface area is 246 Å². The summed E-state index contributed by atoms with van der Waals surface area (Å²) in [6, 6.07) is 59.9. The minimum absolute atomic E-state index is 1.06. The Hall–Kier alpha value is -5.60. The van der Waals surface area contributed by atoms with E-state index in [1.54, 1.807) is 0 Å². The van der Waals surface area contributed by atoms with Crippen LogP contribution in [0.3, 0.4) is 0 Å². The van der Waals surface area contributed by atoms with E-state index >= 15 is 0 Å². The van der Waals surface area contributed by atoms with Crippen LogP contribution in [0.1, 0.15) is 0 Å². The maximum absolute atomic E-state index is 3.69. The Morgan fingerprint density at radius 1 is 0.286 bits per heavy atom. The third-order valence-electron chi connectivity index (χ3n) is 7.64. The van der Waals surface area contributed by atoms with E-state index in [4.69, 9.17) is 0 Å². The first-order chi connectivity index (χ1) is 20.8. The van der Waals surface area contributed by atoms with Crippen LogP contribution in [-0.4, -0.2) is 0 Å². The van der Waals surface area contributed by atoms with E-state index in [-0.39, 0.29) is 0 Å². The molecule has 2 nitrogen and oxygen atoms in total. The molecule has 0 aliphatic carbocycles. The fraction of sp³-hybridized carbons (Fsp3) is 0. The zero-order valence-electron chi connectivity index (χ0n) is 23.2. The third-order valence-corrected chi connectivity index (χ3v) is 7.64. The lowest BCUT2D eigenvalue weighted by molar-refractivity contribution is 1.51. The number of nitrogens with one attached hydrogen (secondary N) is 2. The number of benzene rings is 7. The van der Waals surface area contributed by atoms with Crippen LogP contribution in [0.2, 0.25) is 0 Å². The first-order valence-corrected chi connectivity index (χ1v) is 14.3. The monoisotopic (exact) mass is 538 g/mol. The molecule has 0 saturated heterocycles. The number of anilines is 4. The van der Waals surface area contributed by atoms with E-state index < -0.39 is 0 Å². The van der Waals surface area contributed by atoms with Crippen molar-refractivity contribution in [2.24, 2.45) is 0 Å². The molecule has 0 saturated carbocycles. The molecule has 0 aliphatic heterocycles. The second-order valence-corrected chi connectivity index (χ2v) is 10.4. The summed E-state index contributed by atoms with van der Waals surface area (Å²) in [6.45, 7) is 0. The van der Waals surface area contributed by atoms with Gasteiger partial charge in [-0.05, 0) is 75.5 Å². The van der Waals surface area contributed by atoms with Crippen LogP contribution < -0.4 is 10.6 Å². The molecule has 0 amide bonds. The SMILES string of the molecule is c1ccc(-c2ccccc2Nc2ccc(-c3ccc(Nc4ccc5ccccc5c4)c(-c4ccccc4)c3)cc2)cc1. The maximum atomic E-state index is 3.69. The van der Waals surface area contributed by atoms with Gasteiger partial charge in [0.05, 0.1) is 0 Å². The molecular weight excluding hydrogens is 508 g/mol. The van der Waals surface area contributed by atoms with Crippen LogP contribution in [0.4, 0.5) is 22.7 Å². The highest BCUT2D eigenvalue weighted by Gasteiger charge is 2.10. The molecule has 7 rings (SSSR count). The predicted octanol–water partition coefficient (Wildman–Crippen LogP) is 11.3. The van der Waals surface area contributed by atoms with Crippen molar-refractivity contribution in [3.8, 4) is 33.4 Å². The Morgan fingerprint density at radius 2 is 0.833 bits per heavy atom. The fourth-order valence-electron chi connectivity index (χ4n) is 5.48. The molecule has 0 unspecified atom stereocenters. The minimum atomic E-state index is 1.06. The molecule has 0 bridgehead atoms. The van der Waals surface area contributed by atoms with Gasteiger partial charge in [0.1, 0.15) is 0 Å². The molecule has 0 spiro atoms. The number of fused-ring (bicyclic) bond motifs is 1. The van der Waals surface area contributed by atoms with Crippen molar-refractivity contribution in [3.63, 3.8) is 0 Å². The van der Waals surface area contributed by atoms with Gasteiger partial charge in [0.25, 0.3) is 0 Å². The van der Waals surface area contributed by atoms with Crippen molar-refractivity contribution >= 4 is 33.5 Å². The van der Waals surface area contributed by atoms with Gasteiger partial charge in [-0.25, -0.2) is 0 Å². The molecule has 2 N–H and O–H groups in total. The molecule has 7 aromatic rings. The Kier molecular flexibility index (Phi) is 6.94. The molecule has 0 atom stereocenters. The number of hydrogen-bond donors (Lipinski definition) is 2. The second kappa shape index (κ2) is 11.5. The van der Waals surface area contributed by atoms with E-state index in [9.17, 15) is 0 Å². The van der Waals surface area contributed by atoms with Gasteiger partial charge in [0.15, 0.2) is 0 Å². The number of para-hydroxylation sites is 1. The van der Waals surface area contributed by atoms with E-state index in [0.717, 1.165) is 22.7 Å². The largest absolute Gasteiger partial charge is 0.355 e. The van der Waals surface area contributed by atoms with Crippen LogP contribution in [0.25, 0.3) is 44.2 Å². The summed E-state index contributed by atoms with van der Waals surface area (Å²) in [5.74, 6) is 0. The molecule has 0 heterocycles. The van der Waals surface area contributed by atoms with Crippen LogP contribution >= 0.6 is 0 Å². The predicted molar refractivity (Wildman–Crippen MR) is 180 cm³/mol. The van der Waals surface area contributed by atoms with Crippen molar-refractivity contribution in [1.29, 1.82) is 0 Å². The summed E-state index contributed by atoms with van der Waals surface area (Å²) >= 11 is 0.